The van der Waals surface area contributed by atoms with Gasteiger partial charge in [0.25, 0.3) is 10.1 Å². The lowest BCUT2D eigenvalue weighted by atomic mass is 9.43. The Kier molecular flexibility index (Phi) is 7.48. The molecule has 4 aliphatic carbocycles. The van der Waals surface area contributed by atoms with Crippen molar-refractivity contribution in [1.82, 2.24) is 5.32 Å². The Morgan fingerprint density at radius 3 is 2.57 bits per heavy atom. The van der Waals surface area contributed by atoms with Crippen molar-refractivity contribution in [1.29, 1.82) is 0 Å². The highest BCUT2D eigenvalue weighted by molar-refractivity contribution is 7.85. The number of carbonyl (C=O) groups excluding carboxylic acids is 2. The first-order valence-corrected chi connectivity index (χ1v) is 15.0. The summed E-state index contributed by atoms with van der Waals surface area (Å²) in [5.41, 5.74) is -0.333. The first-order valence-electron chi connectivity index (χ1n) is 13.4. The zero-order chi connectivity index (χ0) is 25.8. The summed E-state index contributed by atoms with van der Waals surface area (Å²) in [6.45, 7) is 6.49. The molecule has 35 heavy (non-hydrogen) atoms. The van der Waals surface area contributed by atoms with Gasteiger partial charge in [-0.2, -0.15) is 8.42 Å². The fourth-order valence-corrected chi connectivity index (χ4v) is 9.27. The smallest absolute Gasteiger partial charge is 0.266 e. The maximum absolute atomic E-state index is 12.2. The highest BCUT2D eigenvalue weighted by atomic mass is 32.2. The summed E-state index contributed by atoms with van der Waals surface area (Å²) < 4.78 is 30.5. The Balaban J connectivity index is 1.44. The molecule has 4 saturated carbocycles. The van der Waals surface area contributed by atoms with Crippen LogP contribution in [-0.4, -0.2) is 59.4 Å². The molecule has 0 saturated heterocycles. The number of fused-ring (bicyclic) bond motifs is 5. The molecule has 0 aromatic rings. The largest absolute Gasteiger partial charge is 0.393 e. The van der Waals surface area contributed by atoms with Gasteiger partial charge in [0.1, 0.15) is 5.78 Å². The quantitative estimate of drug-likeness (QED) is 0.383. The van der Waals surface area contributed by atoms with E-state index < -0.39 is 28.1 Å². The van der Waals surface area contributed by atoms with Gasteiger partial charge in [-0.3, -0.25) is 14.1 Å². The van der Waals surface area contributed by atoms with Crippen LogP contribution in [0, 0.1) is 46.3 Å². The van der Waals surface area contributed by atoms with Gasteiger partial charge < -0.3 is 15.5 Å². The van der Waals surface area contributed by atoms with Crippen LogP contribution < -0.4 is 5.32 Å². The SMILES string of the molecule is C[C@H](CCC(=O)NCCS(=O)(=O)O)[C@H]1CCC2[C@@H]3[C@H](O)C[C@@H]4CC(=O)CC[C@]4(C)[C@H]3C[C@H](O)[C@@]21C. The van der Waals surface area contributed by atoms with Gasteiger partial charge in [0, 0.05) is 25.8 Å². The van der Waals surface area contributed by atoms with E-state index in [0.717, 1.165) is 19.3 Å². The number of hydrogen-bond acceptors (Lipinski definition) is 6. The molecule has 4 fully saturated rings. The molecule has 0 aromatic carbocycles. The van der Waals surface area contributed by atoms with E-state index >= 15 is 0 Å². The van der Waals surface area contributed by atoms with Crippen molar-refractivity contribution in [3.63, 3.8) is 0 Å². The molecule has 200 valence electrons. The molecule has 0 spiro atoms. The third-order valence-corrected chi connectivity index (χ3v) is 11.6. The van der Waals surface area contributed by atoms with E-state index in [1.54, 1.807) is 0 Å². The molecule has 8 nitrogen and oxygen atoms in total. The Hall–Kier alpha value is -1.03. The summed E-state index contributed by atoms with van der Waals surface area (Å²) in [4.78, 5) is 24.4. The van der Waals surface area contributed by atoms with Gasteiger partial charge >= 0.3 is 0 Å². The number of amides is 1. The zero-order valence-electron chi connectivity index (χ0n) is 21.3. The van der Waals surface area contributed by atoms with Gasteiger partial charge in [0.15, 0.2) is 0 Å². The molecule has 0 bridgehead atoms. The van der Waals surface area contributed by atoms with E-state index in [2.05, 4.69) is 26.1 Å². The second-order valence-corrected chi connectivity index (χ2v) is 14.1. The molecule has 0 heterocycles. The number of nitrogens with one attached hydrogen (secondary N) is 1. The Morgan fingerprint density at radius 2 is 1.89 bits per heavy atom. The van der Waals surface area contributed by atoms with Crippen LogP contribution in [0.15, 0.2) is 0 Å². The standard InChI is InChI=1S/C26H43NO7S/c1-15(4-7-23(31)27-10-11-35(32,33)34)18-5-6-19-24-20(14-22(30)26(18,19)3)25(2)9-8-17(28)12-16(25)13-21(24)29/h15-16,18-22,24,29-30H,4-14H2,1-3H3,(H,27,31)(H,32,33,34)/t15-,16+,18-,19?,20+,21-,22+,24+,25+,26-/m1/s1. The van der Waals surface area contributed by atoms with Crippen molar-refractivity contribution in [2.75, 3.05) is 12.3 Å². The molecule has 4 N–H and O–H groups in total. The van der Waals surface area contributed by atoms with Crippen LogP contribution in [-0.2, 0) is 19.7 Å². The molecule has 9 heteroatoms. The van der Waals surface area contributed by atoms with Crippen LogP contribution >= 0.6 is 0 Å². The summed E-state index contributed by atoms with van der Waals surface area (Å²) in [6.07, 6.45) is 5.25. The first kappa shape index (κ1) is 27.0. The number of aliphatic hydroxyl groups is 2. The second kappa shape index (κ2) is 9.69. The highest BCUT2D eigenvalue weighted by Gasteiger charge is 2.65. The number of ketones is 1. The Bertz CT molecular complexity index is 938. The number of aliphatic hydroxyl groups excluding tert-OH is 2. The Morgan fingerprint density at radius 1 is 1.17 bits per heavy atom. The lowest BCUT2D eigenvalue weighted by Crippen LogP contribution is -2.62. The Labute approximate surface area is 209 Å². The van der Waals surface area contributed by atoms with Gasteiger partial charge in [0.2, 0.25) is 5.91 Å². The minimum absolute atomic E-state index is 0.00996. The third kappa shape index (κ3) is 4.94. The summed E-state index contributed by atoms with van der Waals surface area (Å²) >= 11 is 0. The van der Waals surface area contributed by atoms with Gasteiger partial charge in [-0.1, -0.05) is 20.8 Å². The van der Waals surface area contributed by atoms with Crippen molar-refractivity contribution in [3.8, 4) is 0 Å². The van der Waals surface area contributed by atoms with Crippen molar-refractivity contribution in [3.05, 3.63) is 0 Å². The van der Waals surface area contributed by atoms with Gasteiger partial charge in [0.05, 0.1) is 18.0 Å². The lowest BCUT2D eigenvalue weighted by molar-refractivity contribution is -0.201. The van der Waals surface area contributed by atoms with E-state index in [1.807, 2.05) is 0 Å². The minimum atomic E-state index is -4.10. The molecule has 4 rings (SSSR count). The molecule has 0 aromatic heterocycles. The van der Waals surface area contributed by atoms with Crippen molar-refractivity contribution in [2.24, 2.45) is 46.3 Å². The lowest BCUT2D eigenvalue weighted by Gasteiger charge is -2.63. The van der Waals surface area contributed by atoms with Crippen LogP contribution in [0.4, 0.5) is 0 Å². The summed E-state index contributed by atoms with van der Waals surface area (Å²) in [6, 6.07) is 0. The molecule has 0 aliphatic heterocycles. The predicted molar refractivity (Wildman–Crippen MR) is 131 cm³/mol. The van der Waals surface area contributed by atoms with Gasteiger partial charge in [-0.15, -0.1) is 0 Å². The molecule has 1 amide bonds. The van der Waals surface area contributed by atoms with E-state index in [-0.39, 0.29) is 65.2 Å². The van der Waals surface area contributed by atoms with Crippen molar-refractivity contribution in [2.45, 2.75) is 90.8 Å². The number of carbonyl (C=O) groups is 2. The summed E-state index contributed by atoms with van der Waals surface area (Å²) in [5.74, 6) is 0.777. The summed E-state index contributed by atoms with van der Waals surface area (Å²) in [7, 11) is -4.10. The molecule has 1 unspecified atom stereocenters. The van der Waals surface area contributed by atoms with Crippen LogP contribution in [0.25, 0.3) is 0 Å². The molecule has 0 radical (unpaired) electrons. The number of Topliss-reactive ketones (excluding diaryl/α,β-unsaturated/α-hetero) is 1. The van der Waals surface area contributed by atoms with Crippen LogP contribution in [0.5, 0.6) is 0 Å². The number of rotatable bonds is 7. The third-order valence-electron chi connectivity index (χ3n) is 10.9. The molecular weight excluding hydrogens is 470 g/mol. The average Bonchev–Trinajstić information content (AvgIpc) is 3.12. The number of hydrogen-bond donors (Lipinski definition) is 4. The van der Waals surface area contributed by atoms with Crippen LogP contribution in [0.1, 0.15) is 78.6 Å². The van der Waals surface area contributed by atoms with Crippen molar-refractivity contribution < 1.29 is 32.8 Å². The van der Waals surface area contributed by atoms with E-state index in [9.17, 15) is 28.2 Å². The summed E-state index contributed by atoms with van der Waals surface area (Å²) in [5, 5.41) is 25.5. The average molecular weight is 514 g/mol. The highest BCUT2D eigenvalue weighted by Crippen LogP contribution is 2.68. The van der Waals surface area contributed by atoms with Gasteiger partial charge in [-0.25, -0.2) is 0 Å². The zero-order valence-corrected chi connectivity index (χ0v) is 22.1. The van der Waals surface area contributed by atoms with E-state index in [0.29, 0.717) is 37.9 Å². The maximum atomic E-state index is 12.2. The monoisotopic (exact) mass is 513 g/mol. The first-order chi connectivity index (χ1) is 16.3. The normalized spacial score (nSPS) is 44.2. The van der Waals surface area contributed by atoms with Crippen LogP contribution in [0.3, 0.4) is 0 Å². The minimum Gasteiger partial charge on any atom is -0.393 e. The van der Waals surface area contributed by atoms with Crippen molar-refractivity contribution >= 4 is 21.8 Å². The molecular formula is C26H43NO7S. The van der Waals surface area contributed by atoms with E-state index in [1.165, 1.54) is 0 Å². The van der Waals surface area contributed by atoms with E-state index in [4.69, 9.17) is 4.55 Å². The fraction of sp³-hybridized carbons (Fsp3) is 0.923. The maximum Gasteiger partial charge on any atom is 0.266 e. The molecule has 4 aliphatic rings. The topological polar surface area (TPSA) is 141 Å². The van der Waals surface area contributed by atoms with Crippen LogP contribution in [0.2, 0.25) is 0 Å². The molecule has 10 atom stereocenters. The van der Waals surface area contributed by atoms with Gasteiger partial charge in [-0.05, 0) is 84.9 Å². The fourth-order valence-electron chi connectivity index (χ4n) is 8.91. The second-order valence-electron chi connectivity index (χ2n) is 12.5. The predicted octanol–water partition coefficient (Wildman–Crippen LogP) is 2.58.